The largest absolute Gasteiger partial charge is 0.340 e. The Kier molecular flexibility index (Phi) is 28.8. The molecule has 10 fully saturated rings. The molecule has 104 heavy (non-hydrogen) atoms. The van der Waals surface area contributed by atoms with E-state index in [1.165, 1.54) is 170 Å². The normalized spacial score (nSPS) is 30.0. The Labute approximate surface area is 641 Å². The molecule has 0 aromatic heterocycles. The second-order valence-electron chi connectivity index (χ2n) is 33.9. The summed E-state index contributed by atoms with van der Waals surface area (Å²) in [7, 11) is 0. The Morgan fingerprint density at radius 3 is 0.981 bits per heavy atom. The van der Waals surface area contributed by atoms with Gasteiger partial charge in [0, 0.05) is 151 Å². The molecule has 6 aliphatic heterocycles. The zero-order chi connectivity index (χ0) is 72.5. The van der Waals surface area contributed by atoms with Crippen molar-refractivity contribution in [3.05, 3.63) is 176 Å². The van der Waals surface area contributed by atoms with E-state index in [2.05, 4.69) is 139 Å². The summed E-state index contributed by atoms with van der Waals surface area (Å²) in [4.78, 5) is 39.5. The number of hydrogen-bond acceptors (Lipinski definition) is 10. The van der Waals surface area contributed by atoms with Crippen molar-refractivity contribution in [2.75, 3.05) is 91.6 Å². The molecule has 15 rings (SSSR count). The van der Waals surface area contributed by atoms with E-state index in [-0.39, 0.29) is 21.7 Å². The van der Waals surface area contributed by atoms with Crippen molar-refractivity contribution < 1.29 is 9.59 Å². The SMILES string of the molecule is CC1CCN(C2CCC(CN)(c3ccccc3)CC2)CC1.NCC1(c2cccc(Cl)c2)CCC(N2CCC(Cc3ccccc3)CC2)CC1.NCC1(c2cccc(Cl)c2)CCC(N2CCC(N3CCCC3=O)CC2)CC1.NCC1(c2cccc(Cl)c2)CCC(N2CCC(N3CCCCC3=O)CC2)CC1. The third kappa shape index (κ3) is 19.8. The fraction of sp³-hybridized carbons (Fsp3) is 0.640. The number of rotatable bonds is 16. The molecule has 6 heterocycles. The summed E-state index contributed by atoms with van der Waals surface area (Å²) in [6.07, 6.45) is 35.4. The number of nitrogens with two attached hydrogens (primary N) is 4. The fourth-order valence-electron chi connectivity index (χ4n) is 21.0. The molecule has 12 nitrogen and oxygen atoms in total. The van der Waals surface area contributed by atoms with Gasteiger partial charge in [-0.15, -0.1) is 0 Å². The number of likely N-dealkylation sites (tertiary alicyclic amines) is 6. The summed E-state index contributed by atoms with van der Waals surface area (Å²) in [5.74, 6) is 2.53. The lowest BCUT2D eigenvalue weighted by Gasteiger charge is -2.47. The first-order chi connectivity index (χ1) is 50.6. The van der Waals surface area contributed by atoms with Crippen LogP contribution in [0, 0.1) is 11.8 Å². The summed E-state index contributed by atoms with van der Waals surface area (Å²) >= 11 is 18.7. The van der Waals surface area contributed by atoms with Gasteiger partial charge in [0.05, 0.1) is 0 Å². The minimum absolute atomic E-state index is 0.0833. The van der Waals surface area contributed by atoms with Crippen LogP contribution < -0.4 is 22.9 Å². The topological polar surface area (TPSA) is 158 Å². The van der Waals surface area contributed by atoms with E-state index in [1.54, 1.807) is 0 Å². The van der Waals surface area contributed by atoms with E-state index in [0.717, 1.165) is 168 Å². The van der Waals surface area contributed by atoms with Crippen LogP contribution in [0.1, 0.15) is 221 Å². The molecule has 4 saturated carbocycles. The van der Waals surface area contributed by atoms with Gasteiger partial charge < -0.3 is 52.3 Å². The third-order valence-corrected chi connectivity index (χ3v) is 28.9. The quantitative estimate of drug-likeness (QED) is 0.0750. The third-order valence-electron chi connectivity index (χ3n) is 28.2. The highest BCUT2D eigenvalue weighted by molar-refractivity contribution is 6.31. The number of benzene rings is 5. The molecule has 0 spiro atoms. The molecule has 8 N–H and O–H groups in total. The first kappa shape index (κ1) is 79.1. The number of hydrogen-bond donors (Lipinski definition) is 4. The first-order valence-corrected chi connectivity index (χ1v) is 42.5. The predicted molar refractivity (Wildman–Crippen MR) is 433 cm³/mol. The van der Waals surface area contributed by atoms with Crippen LogP contribution in [0.2, 0.25) is 15.1 Å². The van der Waals surface area contributed by atoms with Crippen molar-refractivity contribution in [3.8, 4) is 0 Å². The van der Waals surface area contributed by atoms with Crippen molar-refractivity contribution in [3.63, 3.8) is 0 Å². The Morgan fingerprint density at radius 2 is 0.644 bits per heavy atom. The molecule has 4 aliphatic carbocycles. The molecule has 0 atom stereocenters. The molecule has 5 aromatic carbocycles. The zero-order valence-electron chi connectivity index (χ0n) is 63.4. The summed E-state index contributed by atoms with van der Waals surface area (Å²) in [5.41, 5.74) is 32.4. The molecule has 6 saturated heterocycles. The Hall–Kier alpha value is -4.41. The average molecular weight is 1480 g/mol. The van der Waals surface area contributed by atoms with Gasteiger partial charge in [-0.2, -0.15) is 0 Å². The smallest absolute Gasteiger partial charge is 0.222 e. The molecule has 568 valence electrons. The van der Waals surface area contributed by atoms with E-state index in [1.807, 2.05) is 30.3 Å². The highest BCUT2D eigenvalue weighted by atomic mass is 35.5. The van der Waals surface area contributed by atoms with Crippen LogP contribution in [-0.4, -0.2) is 169 Å². The number of nitrogens with zero attached hydrogens (tertiary/aromatic N) is 6. The minimum atomic E-state index is 0.0833. The van der Waals surface area contributed by atoms with Gasteiger partial charge in [0.1, 0.15) is 0 Å². The zero-order valence-corrected chi connectivity index (χ0v) is 65.6. The summed E-state index contributed by atoms with van der Waals surface area (Å²) in [5, 5.41) is 2.44. The van der Waals surface area contributed by atoms with Crippen molar-refractivity contribution >= 4 is 46.6 Å². The van der Waals surface area contributed by atoms with E-state index >= 15 is 0 Å². The lowest BCUT2D eigenvalue weighted by Crippen LogP contribution is -2.52. The molecule has 0 radical (unpaired) electrons. The van der Waals surface area contributed by atoms with Crippen molar-refractivity contribution in [2.45, 2.75) is 257 Å². The van der Waals surface area contributed by atoms with Crippen LogP contribution in [0.5, 0.6) is 0 Å². The Balaban J connectivity index is 0.000000131. The Bertz CT molecular complexity index is 3410. The van der Waals surface area contributed by atoms with Gasteiger partial charge in [-0.1, -0.05) is 139 Å². The summed E-state index contributed by atoms with van der Waals surface area (Å²) < 4.78 is 0. The van der Waals surface area contributed by atoms with Crippen molar-refractivity contribution in [1.82, 2.24) is 29.4 Å². The van der Waals surface area contributed by atoms with E-state index in [4.69, 9.17) is 57.7 Å². The number of carbonyl (C=O) groups excluding carboxylic acids is 2. The highest BCUT2D eigenvalue weighted by Gasteiger charge is 2.44. The van der Waals surface area contributed by atoms with Gasteiger partial charge in [-0.3, -0.25) is 9.59 Å². The summed E-state index contributed by atoms with van der Waals surface area (Å²) in [6, 6.07) is 50.7. The molecule has 0 unspecified atom stereocenters. The van der Waals surface area contributed by atoms with E-state index in [0.29, 0.717) is 49.1 Å². The second kappa shape index (κ2) is 37.8. The monoisotopic (exact) mass is 1470 g/mol. The van der Waals surface area contributed by atoms with Crippen molar-refractivity contribution in [2.24, 2.45) is 34.8 Å². The van der Waals surface area contributed by atoms with Gasteiger partial charge in [0.2, 0.25) is 11.8 Å². The van der Waals surface area contributed by atoms with Gasteiger partial charge in [0.15, 0.2) is 0 Å². The molecule has 0 bridgehead atoms. The maximum atomic E-state index is 12.2. The molecule has 15 heteroatoms. The lowest BCUT2D eigenvalue weighted by atomic mass is 9.68. The van der Waals surface area contributed by atoms with Crippen LogP contribution >= 0.6 is 34.8 Å². The Morgan fingerprint density at radius 1 is 0.337 bits per heavy atom. The molecule has 10 aliphatic rings. The van der Waals surface area contributed by atoms with Crippen LogP contribution in [-0.2, 0) is 37.7 Å². The lowest BCUT2D eigenvalue weighted by molar-refractivity contribution is -0.137. The molecular formula is C89H129Cl3N10O2. The average Bonchev–Trinajstić information content (AvgIpc) is 0.820. The molecule has 5 aromatic rings. The van der Waals surface area contributed by atoms with E-state index in [9.17, 15) is 9.59 Å². The van der Waals surface area contributed by atoms with E-state index < -0.39 is 0 Å². The predicted octanol–water partition coefficient (Wildman–Crippen LogP) is 16.5. The molecule has 2 amide bonds. The minimum Gasteiger partial charge on any atom is -0.340 e. The fourth-order valence-corrected chi connectivity index (χ4v) is 21.6. The van der Waals surface area contributed by atoms with Crippen molar-refractivity contribution in [1.29, 1.82) is 0 Å². The second-order valence-corrected chi connectivity index (χ2v) is 35.2. The standard InChI is InChI=1S/C25H33ClN2.C23H34ClN3O.C22H32ClN3O.C19H30N2/c26-23-8-4-7-22(18-23)25(19-27)13-9-24(10-14-25)28-15-11-21(12-16-28)17-20-5-2-1-3-6-20;24-19-5-3-4-18(16-19)23(17-25)11-7-20(8-12-23)26-14-9-21(10-15-26)27-13-2-1-6-22(27)28;23-18-4-1-3-17(15-18)22(16-24)10-6-19(7-11-22)25-13-8-20(9-14-25)26-12-2-5-21(26)27;1-16-9-13-21(14-10-16)18-7-11-19(15-20,12-8-18)17-5-3-2-4-6-17/h1-8,18,21,24H,9-17,19,27H2;3-5,16,20-21H,1-2,6-15,17,25H2;1,3-4,15,19-20H,2,5-14,16,24H2;2-6,16,18H,7-15,20H2,1H3. The van der Waals surface area contributed by atoms with Gasteiger partial charge in [-0.25, -0.2) is 0 Å². The maximum absolute atomic E-state index is 12.2. The maximum Gasteiger partial charge on any atom is 0.222 e. The van der Waals surface area contributed by atoms with Crippen LogP contribution in [0.25, 0.3) is 0 Å². The first-order valence-electron chi connectivity index (χ1n) is 41.4. The summed E-state index contributed by atoms with van der Waals surface area (Å²) in [6.45, 7) is 16.9. The van der Waals surface area contributed by atoms with Gasteiger partial charge >= 0.3 is 0 Å². The van der Waals surface area contributed by atoms with Crippen LogP contribution in [0.4, 0.5) is 0 Å². The number of carbonyl (C=O) groups is 2. The van der Waals surface area contributed by atoms with Crippen LogP contribution in [0.3, 0.4) is 0 Å². The number of halogens is 3. The highest BCUT2D eigenvalue weighted by Crippen LogP contribution is 2.46. The number of amides is 2. The van der Waals surface area contributed by atoms with Crippen LogP contribution in [0.15, 0.2) is 133 Å². The number of piperidine rings is 5. The van der Waals surface area contributed by atoms with Gasteiger partial charge in [0.25, 0.3) is 0 Å². The van der Waals surface area contributed by atoms with Gasteiger partial charge in [-0.05, 0) is 282 Å². The molecular weight excluding hydrogens is 1350 g/mol.